The maximum atomic E-state index is 13.2. The molecule has 0 aromatic heterocycles. The lowest BCUT2D eigenvalue weighted by Gasteiger charge is -2.18. The van der Waals surface area contributed by atoms with E-state index in [0.717, 1.165) is 16.7 Å². The molecule has 1 aliphatic heterocycles. The zero-order chi connectivity index (χ0) is 21.1. The predicted molar refractivity (Wildman–Crippen MR) is 123 cm³/mol. The molecular formula is C24H18ClFN2OS. The molecule has 1 heterocycles. The van der Waals surface area contributed by atoms with Gasteiger partial charge in [-0.05, 0) is 54.5 Å². The van der Waals surface area contributed by atoms with Gasteiger partial charge in [0, 0.05) is 10.8 Å². The molecule has 0 aliphatic carbocycles. The lowest BCUT2D eigenvalue weighted by atomic mass is 10.1. The Morgan fingerprint density at radius 3 is 2.50 bits per heavy atom. The van der Waals surface area contributed by atoms with Crippen molar-refractivity contribution in [3.05, 3.63) is 106 Å². The Balaban J connectivity index is 1.66. The summed E-state index contributed by atoms with van der Waals surface area (Å²) in [5.74, 6) is 0.0711. The van der Waals surface area contributed by atoms with Gasteiger partial charge in [0.15, 0.2) is 5.17 Å². The monoisotopic (exact) mass is 436 g/mol. The first-order chi connectivity index (χ1) is 14.5. The Morgan fingerprint density at radius 1 is 1.07 bits per heavy atom. The van der Waals surface area contributed by atoms with Crippen molar-refractivity contribution in [1.29, 1.82) is 0 Å². The molecular weight excluding hydrogens is 419 g/mol. The minimum atomic E-state index is -0.277. The maximum Gasteiger partial charge on any atom is 0.283 e. The lowest BCUT2D eigenvalue weighted by Crippen LogP contribution is -2.30. The number of thioether (sulfide) groups is 1. The van der Waals surface area contributed by atoms with Gasteiger partial charge in [-0.25, -0.2) is 9.38 Å². The van der Waals surface area contributed by atoms with E-state index in [9.17, 15) is 9.18 Å². The minimum absolute atomic E-state index is 0.209. The summed E-state index contributed by atoms with van der Waals surface area (Å²) in [5.41, 5.74) is 4.02. The summed E-state index contributed by atoms with van der Waals surface area (Å²) in [4.78, 5) is 19.4. The van der Waals surface area contributed by atoms with Crippen LogP contribution in [0.4, 0.5) is 10.1 Å². The SMILES string of the molecule is Cc1ccc(/C=C2\N=C(SCc3ccc(F)cc3)N(c3cccc(Cl)c3)C2=O)cc1. The normalized spacial score (nSPS) is 15.0. The summed E-state index contributed by atoms with van der Waals surface area (Å²) in [5, 5.41) is 1.10. The second kappa shape index (κ2) is 8.86. The van der Waals surface area contributed by atoms with E-state index in [1.54, 1.807) is 41.3 Å². The molecule has 3 nitrogen and oxygen atoms in total. The molecule has 0 atom stereocenters. The number of amides is 1. The fraction of sp³-hybridized carbons (Fsp3) is 0.0833. The number of halogens is 2. The number of aryl methyl sites for hydroxylation is 1. The van der Waals surface area contributed by atoms with Gasteiger partial charge < -0.3 is 0 Å². The second-order valence-electron chi connectivity index (χ2n) is 6.87. The van der Waals surface area contributed by atoms with Gasteiger partial charge in [-0.15, -0.1) is 0 Å². The number of hydrogen-bond donors (Lipinski definition) is 0. The number of carbonyl (C=O) groups excluding carboxylic acids is 1. The van der Waals surface area contributed by atoms with Gasteiger partial charge in [-0.1, -0.05) is 71.4 Å². The summed E-state index contributed by atoms with van der Waals surface area (Å²) < 4.78 is 13.2. The van der Waals surface area contributed by atoms with Crippen LogP contribution in [0, 0.1) is 12.7 Å². The molecule has 1 amide bonds. The number of nitrogens with zero attached hydrogens (tertiary/aromatic N) is 2. The van der Waals surface area contributed by atoms with Crippen molar-refractivity contribution < 1.29 is 9.18 Å². The Kier molecular flexibility index (Phi) is 6.02. The molecule has 0 spiro atoms. The van der Waals surface area contributed by atoms with Crippen molar-refractivity contribution in [3.8, 4) is 0 Å². The molecule has 0 bridgehead atoms. The third-order valence-corrected chi connectivity index (χ3v) is 5.80. The summed E-state index contributed by atoms with van der Waals surface area (Å²) in [6.07, 6.45) is 1.78. The summed E-state index contributed by atoms with van der Waals surface area (Å²) >= 11 is 7.57. The molecule has 0 unspecified atom stereocenters. The van der Waals surface area contributed by atoms with Crippen LogP contribution in [0.1, 0.15) is 16.7 Å². The van der Waals surface area contributed by atoms with Crippen LogP contribution in [0.5, 0.6) is 0 Å². The smallest absolute Gasteiger partial charge is 0.266 e. The Labute approximate surface area is 183 Å². The van der Waals surface area contributed by atoms with E-state index < -0.39 is 0 Å². The lowest BCUT2D eigenvalue weighted by molar-refractivity contribution is -0.113. The molecule has 0 saturated carbocycles. The van der Waals surface area contributed by atoms with Crippen LogP contribution >= 0.6 is 23.4 Å². The van der Waals surface area contributed by atoms with Crippen LogP contribution in [0.3, 0.4) is 0 Å². The third-order valence-electron chi connectivity index (χ3n) is 4.56. The van der Waals surface area contributed by atoms with E-state index in [1.165, 1.54) is 23.9 Å². The fourth-order valence-corrected chi connectivity index (χ4v) is 4.14. The van der Waals surface area contributed by atoms with Crippen molar-refractivity contribution in [2.75, 3.05) is 4.90 Å². The first kappa shape index (κ1) is 20.4. The van der Waals surface area contributed by atoms with E-state index in [-0.39, 0.29) is 11.7 Å². The van der Waals surface area contributed by atoms with Gasteiger partial charge in [0.05, 0.1) is 5.69 Å². The number of benzene rings is 3. The largest absolute Gasteiger partial charge is 0.283 e. The van der Waals surface area contributed by atoms with Crippen molar-refractivity contribution in [2.24, 2.45) is 4.99 Å². The van der Waals surface area contributed by atoms with E-state index in [0.29, 0.717) is 27.3 Å². The molecule has 150 valence electrons. The zero-order valence-electron chi connectivity index (χ0n) is 16.2. The highest BCUT2D eigenvalue weighted by Gasteiger charge is 2.32. The molecule has 0 radical (unpaired) electrons. The average molecular weight is 437 g/mol. The fourth-order valence-electron chi connectivity index (χ4n) is 2.99. The summed E-state index contributed by atoms with van der Waals surface area (Å²) in [6, 6.07) is 21.3. The first-order valence-electron chi connectivity index (χ1n) is 9.34. The third kappa shape index (κ3) is 4.64. The first-order valence-corrected chi connectivity index (χ1v) is 10.7. The van der Waals surface area contributed by atoms with Crippen LogP contribution in [0.15, 0.2) is 83.5 Å². The molecule has 3 aromatic rings. The maximum absolute atomic E-state index is 13.2. The molecule has 0 fully saturated rings. The molecule has 0 N–H and O–H groups in total. The van der Waals surface area contributed by atoms with Gasteiger partial charge >= 0.3 is 0 Å². The summed E-state index contributed by atoms with van der Waals surface area (Å²) in [7, 11) is 0. The van der Waals surface area contributed by atoms with Crippen molar-refractivity contribution in [3.63, 3.8) is 0 Å². The number of carbonyl (C=O) groups is 1. The predicted octanol–water partition coefficient (Wildman–Crippen LogP) is 6.46. The number of aliphatic imine (C=N–C) groups is 1. The van der Waals surface area contributed by atoms with E-state index in [1.807, 2.05) is 37.3 Å². The number of amidine groups is 1. The van der Waals surface area contributed by atoms with Crippen LogP contribution in [0.2, 0.25) is 5.02 Å². The Morgan fingerprint density at radius 2 is 1.80 bits per heavy atom. The Bertz CT molecular complexity index is 1140. The second-order valence-corrected chi connectivity index (χ2v) is 8.25. The minimum Gasteiger partial charge on any atom is -0.266 e. The standard InChI is InChI=1S/C24H18ClFN2OS/c1-16-5-7-17(8-6-16)13-22-23(29)28(21-4-2-3-19(25)14-21)24(27-22)30-15-18-9-11-20(26)12-10-18/h2-14H,15H2,1H3/b22-13-. The number of rotatable bonds is 4. The van der Waals surface area contributed by atoms with Gasteiger partial charge in [-0.2, -0.15) is 0 Å². The molecule has 0 saturated heterocycles. The van der Waals surface area contributed by atoms with Crippen LogP contribution in [-0.2, 0) is 10.5 Å². The topological polar surface area (TPSA) is 32.7 Å². The van der Waals surface area contributed by atoms with E-state index in [2.05, 4.69) is 4.99 Å². The average Bonchev–Trinajstić information content (AvgIpc) is 3.04. The highest BCUT2D eigenvalue weighted by molar-refractivity contribution is 8.13. The van der Waals surface area contributed by atoms with Crippen molar-refractivity contribution in [1.82, 2.24) is 0 Å². The molecule has 1 aliphatic rings. The number of hydrogen-bond acceptors (Lipinski definition) is 3. The zero-order valence-corrected chi connectivity index (χ0v) is 17.8. The van der Waals surface area contributed by atoms with Crippen LogP contribution in [0.25, 0.3) is 6.08 Å². The molecule has 6 heteroatoms. The van der Waals surface area contributed by atoms with Crippen molar-refractivity contribution >= 4 is 46.2 Å². The van der Waals surface area contributed by atoms with Gasteiger partial charge in [-0.3, -0.25) is 9.69 Å². The van der Waals surface area contributed by atoms with Crippen LogP contribution in [-0.4, -0.2) is 11.1 Å². The van der Waals surface area contributed by atoms with Crippen molar-refractivity contribution in [2.45, 2.75) is 12.7 Å². The highest BCUT2D eigenvalue weighted by Crippen LogP contribution is 2.32. The number of anilines is 1. The van der Waals surface area contributed by atoms with E-state index >= 15 is 0 Å². The summed E-state index contributed by atoms with van der Waals surface area (Å²) in [6.45, 7) is 2.01. The molecule has 4 rings (SSSR count). The highest BCUT2D eigenvalue weighted by atomic mass is 35.5. The quantitative estimate of drug-likeness (QED) is 0.439. The van der Waals surface area contributed by atoms with Gasteiger partial charge in [0.2, 0.25) is 0 Å². The van der Waals surface area contributed by atoms with Gasteiger partial charge in [0.25, 0.3) is 5.91 Å². The van der Waals surface area contributed by atoms with E-state index in [4.69, 9.17) is 11.6 Å². The molecule has 3 aromatic carbocycles. The molecule has 30 heavy (non-hydrogen) atoms. The Hall–Kier alpha value is -2.89. The van der Waals surface area contributed by atoms with Gasteiger partial charge in [0.1, 0.15) is 11.5 Å². The van der Waals surface area contributed by atoms with Crippen LogP contribution < -0.4 is 4.90 Å².